The Morgan fingerprint density at radius 3 is 2.20 bits per heavy atom. The van der Waals surface area contributed by atoms with Crippen LogP contribution < -0.4 is 16.3 Å². The van der Waals surface area contributed by atoms with Gasteiger partial charge < -0.3 is 24.6 Å². The van der Waals surface area contributed by atoms with Crippen molar-refractivity contribution >= 4 is 40.8 Å². The van der Waals surface area contributed by atoms with Crippen LogP contribution in [0.2, 0.25) is 0 Å². The Balaban J connectivity index is 0.827. The quantitative estimate of drug-likeness (QED) is 0.137. The van der Waals surface area contributed by atoms with Gasteiger partial charge in [0.1, 0.15) is 30.8 Å². The average Bonchev–Trinajstić information content (AvgIpc) is 4.01. The molecule has 4 saturated heterocycles. The summed E-state index contributed by atoms with van der Waals surface area (Å²) in [5, 5.41) is 5.36. The molecule has 71 heavy (non-hydrogen) atoms. The highest BCUT2D eigenvalue weighted by atomic mass is 16.5. The number of imide groups is 1. The van der Waals surface area contributed by atoms with Gasteiger partial charge in [0.15, 0.2) is 0 Å². The summed E-state index contributed by atoms with van der Waals surface area (Å²) in [6, 6.07) is 29.9. The molecule has 4 aliphatic heterocycles. The maximum Gasteiger partial charge on any atom is 0.407 e. The van der Waals surface area contributed by atoms with Gasteiger partial charge in [-0.1, -0.05) is 106 Å². The summed E-state index contributed by atoms with van der Waals surface area (Å²) in [6.07, 6.45) is 2.85. The first kappa shape index (κ1) is 48.1. The fourth-order valence-electron chi connectivity index (χ4n) is 12.0. The number of ether oxygens (including phenoxy) is 2. The number of nitrogens with zero attached hydrogens (tertiary/aromatic N) is 5. The van der Waals surface area contributed by atoms with Gasteiger partial charge in [-0.15, -0.1) is 0 Å². The predicted octanol–water partition coefficient (Wildman–Crippen LogP) is 6.69. The highest BCUT2D eigenvalue weighted by molar-refractivity contribution is 6.00. The molecule has 1 aliphatic carbocycles. The molecule has 1 aromatic heterocycles. The molecule has 15 nitrogen and oxygen atoms in total. The van der Waals surface area contributed by atoms with E-state index >= 15 is 9.59 Å². The molecule has 5 aromatic rings. The van der Waals surface area contributed by atoms with Crippen molar-refractivity contribution in [3.8, 4) is 11.1 Å². The number of carbonyl (C=O) groups excluding carboxylic acids is 5. The van der Waals surface area contributed by atoms with E-state index in [-0.39, 0.29) is 60.8 Å². The molecule has 2 N–H and O–H groups in total. The van der Waals surface area contributed by atoms with Crippen LogP contribution in [0.3, 0.4) is 0 Å². The van der Waals surface area contributed by atoms with E-state index in [1.807, 2.05) is 98.5 Å². The topological polar surface area (TPSA) is 165 Å². The van der Waals surface area contributed by atoms with Crippen LogP contribution in [0, 0.1) is 17.3 Å². The third-order valence-electron chi connectivity index (χ3n) is 15.8. The molecule has 5 amide bonds. The standard InChI is InChI=1S/C56H65N7O8/c1-56(2,3)50(58-54(68)71-34-43-41-16-10-8-14-39(41)40-15-9-11-17-42(40)43)53(67)62-27-24-38(49(62)52(66)61-28-29-70-47(33-61)37-12-6-5-7-13-37)30-35-22-25-60(26-23-35)32-36-18-19-44-46(31-36)59(4)55(69)63(44)45-20-21-48(64)57-51(45)65/h5-19,31,35,38,43,45,47,49-50H,20-30,32-34H2,1-4H3,(H,58,68)(H,57,64,65)/t38-,45?,47-,49-,50+/m0/s1. The summed E-state index contributed by atoms with van der Waals surface area (Å²) in [7, 11) is 1.71. The molecule has 0 bridgehead atoms. The van der Waals surface area contributed by atoms with E-state index in [1.54, 1.807) is 16.5 Å². The lowest BCUT2D eigenvalue weighted by Gasteiger charge is -2.40. The zero-order chi connectivity index (χ0) is 49.6. The van der Waals surface area contributed by atoms with Crippen LogP contribution in [0.25, 0.3) is 22.2 Å². The van der Waals surface area contributed by atoms with Gasteiger partial charge in [-0.2, -0.15) is 0 Å². The summed E-state index contributed by atoms with van der Waals surface area (Å²) in [5.74, 6) is -1.00. The number of aryl methyl sites for hydroxylation is 1. The molecule has 5 aliphatic rings. The van der Waals surface area contributed by atoms with Crippen molar-refractivity contribution in [2.24, 2.45) is 24.3 Å². The second kappa shape index (κ2) is 19.9. The number of hydrogen-bond acceptors (Lipinski definition) is 9. The van der Waals surface area contributed by atoms with Gasteiger partial charge in [-0.05, 0) is 108 Å². The van der Waals surface area contributed by atoms with Crippen LogP contribution in [0.4, 0.5) is 4.79 Å². The minimum absolute atomic E-state index is 0.0757. The second-order valence-electron chi connectivity index (χ2n) is 21.3. The van der Waals surface area contributed by atoms with Crippen LogP contribution in [-0.2, 0) is 42.2 Å². The molecular weight excluding hydrogens is 899 g/mol. The predicted molar refractivity (Wildman–Crippen MR) is 268 cm³/mol. The molecule has 0 saturated carbocycles. The highest BCUT2D eigenvalue weighted by Crippen LogP contribution is 2.45. The summed E-state index contributed by atoms with van der Waals surface area (Å²) < 4.78 is 15.2. The molecule has 15 heteroatoms. The van der Waals surface area contributed by atoms with Gasteiger partial charge >= 0.3 is 11.8 Å². The minimum Gasteiger partial charge on any atom is -0.449 e. The van der Waals surface area contributed by atoms with E-state index in [0.717, 1.165) is 71.2 Å². The van der Waals surface area contributed by atoms with Gasteiger partial charge in [0.25, 0.3) is 0 Å². The van der Waals surface area contributed by atoms with Gasteiger partial charge in [-0.3, -0.25) is 38.5 Å². The first-order valence-electron chi connectivity index (χ1n) is 25.4. The molecule has 10 rings (SSSR count). The number of alkyl carbamates (subject to hydrolysis) is 1. The summed E-state index contributed by atoms with van der Waals surface area (Å²) >= 11 is 0. The second-order valence-corrected chi connectivity index (χ2v) is 21.3. The third-order valence-corrected chi connectivity index (χ3v) is 15.8. The Kier molecular flexibility index (Phi) is 13.5. The number of rotatable bonds is 11. The van der Waals surface area contributed by atoms with Crippen LogP contribution in [0.5, 0.6) is 0 Å². The summed E-state index contributed by atoms with van der Waals surface area (Å²) in [5.41, 5.74) is 6.94. The van der Waals surface area contributed by atoms with E-state index in [2.05, 4.69) is 39.8 Å². The number of amides is 5. The first-order chi connectivity index (χ1) is 34.2. The number of fused-ring (bicyclic) bond motifs is 4. The Morgan fingerprint density at radius 2 is 1.51 bits per heavy atom. The minimum atomic E-state index is -0.949. The number of imidazole rings is 1. The van der Waals surface area contributed by atoms with E-state index in [9.17, 15) is 19.2 Å². The van der Waals surface area contributed by atoms with E-state index in [0.29, 0.717) is 50.6 Å². The summed E-state index contributed by atoms with van der Waals surface area (Å²) in [6.45, 7) is 9.91. The monoisotopic (exact) mass is 963 g/mol. The van der Waals surface area contributed by atoms with Crippen LogP contribution in [0.15, 0.2) is 102 Å². The van der Waals surface area contributed by atoms with Crippen LogP contribution in [-0.4, -0.2) is 112 Å². The number of benzene rings is 4. The van der Waals surface area contributed by atoms with Crippen molar-refractivity contribution in [3.63, 3.8) is 0 Å². The lowest BCUT2D eigenvalue weighted by Crippen LogP contribution is -2.59. The number of morpholine rings is 1. The maximum atomic E-state index is 15.1. The number of nitrogens with one attached hydrogen (secondary N) is 2. The molecule has 0 radical (unpaired) electrons. The van der Waals surface area contributed by atoms with Crippen molar-refractivity contribution in [1.29, 1.82) is 0 Å². The van der Waals surface area contributed by atoms with Crippen molar-refractivity contribution in [2.75, 3.05) is 45.9 Å². The van der Waals surface area contributed by atoms with Gasteiger partial charge in [-0.25, -0.2) is 9.59 Å². The van der Waals surface area contributed by atoms with Crippen LogP contribution in [0.1, 0.15) is 99.6 Å². The lowest BCUT2D eigenvalue weighted by atomic mass is 9.82. The van der Waals surface area contributed by atoms with Crippen molar-refractivity contribution < 1.29 is 33.4 Å². The third kappa shape index (κ3) is 9.65. The average molecular weight is 964 g/mol. The van der Waals surface area contributed by atoms with Gasteiger partial charge in [0, 0.05) is 39.0 Å². The lowest BCUT2D eigenvalue weighted by molar-refractivity contribution is -0.152. The molecule has 372 valence electrons. The van der Waals surface area contributed by atoms with Crippen LogP contribution >= 0.6 is 0 Å². The van der Waals surface area contributed by atoms with E-state index < -0.39 is 35.5 Å². The smallest absolute Gasteiger partial charge is 0.407 e. The summed E-state index contributed by atoms with van der Waals surface area (Å²) in [4.78, 5) is 88.1. The Bertz CT molecular complexity index is 2850. The molecule has 1 unspecified atom stereocenters. The number of piperidine rings is 2. The Labute approximate surface area is 414 Å². The zero-order valence-corrected chi connectivity index (χ0v) is 41.2. The number of aromatic nitrogens is 2. The van der Waals surface area contributed by atoms with Gasteiger partial charge in [0.05, 0.1) is 24.2 Å². The fourth-order valence-corrected chi connectivity index (χ4v) is 12.0. The molecule has 4 fully saturated rings. The number of carbonyl (C=O) groups is 5. The SMILES string of the molecule is Cn1c(=O)n(C2CCC(=O)NC2=O)c2ccc(CN3CCC(C[C@@H]4CCN(C(=O)[C@@H](NC(=O)OCC5c6ccccc6-c6ccccc65)C(C)(C)C)[C@@H]4C(=O)N4CCO[C@H](c5ccccc5)C4)CC3)cc21. The van der Waals surface area contributed by atoms with E-state index in [4.69, 9.17) is 9.47 Å². The molecule has 5 heterocycles. The number of likely N-dealkylation sites (tertiary alicyclic amines) is 2. The van der Waals surface area contributed by atoms with Crippen molar-refractivity contribution in [3.05, 3.63) is 130 Å². The Morgan fingerprint density at radius 1 is 0.817 bits per heavy atom. The molecule has 5 atom stereocenters. The fraction of sp³-hybridized carbons (Fsp3) is 0.464. The first-order valence-corrected chi connectivity index (χ1v) is 25.4. The highest BCUT2D eigenvalue weighted by Gasteiger charge is 2.49. The zero-order valence-electron chi connectivity index (χ0n) is 41.2. The molecule has 4 aromatic carbocycles. The van der Waals surface area contributed by atoms with E-state index in [1.165, 1.54) is 4.57 Å². The molecular formula is C56H65N7O8. The molecule has 0 spiro atoms. The maximum absolute atomic E-state index is 15.1. The normalized spacial score (nSPS) is 22.5. The number of hydrogen-bond donors (Lipinski definition) is 2. The van der Waals surface area contributed by atoms with Crippen molar-refractivity contribution in [1.82, 2.24) is 34.5 Å². The Hall–Kier alpha value is -6.58. The van der Waals surface area contributed by atoms with Gasteiger partial charge in [0.2, 0.25) is 23.6 Å². The largest absolute Gasteiger partial charge is 0.449 e. The van der Waals surface area contributed by atoms with Crippen molar-refractivity contribution in [2.45, 2.75) is 96.0 Å².